The number of nitrogens with zero attached hydrogens (tertiary/aromatic N) is 1. The highest BCUT2D eigenvalue weighted by Gasteiger charge is 2.37. The number of nitrogens with one attached hydrogen (secondary N) is 1. The zero-order chi connectivity index (χ0) is 26.3. The maximum atomic E-state index is 14.3. The monoisotopic (exact) mass is 512 g/mol. The molecule has 2 nitrogen and oxygen atoms in total. The molecule has 0 amide bonds. The van der Waals surface area contributed by atoms with Crippen LogP contribution in [0.15, 0.2) is 30.3 Å². The molecule has 0 saturated carbocycles. The van der Waals surface area contributed by atoms with E-state index in [4.69, 9.17) is 0 Å². The number of alkyl halides is 6. The Morgan fingerprint density at radius 2 is 1.58 bits per heavy atom. The van der Waals surface area contributed by atoms with E-state index in [1.165, 1.54) is 12.1 Å². The number of halogens is 6. The normalized spacial score (nSPS) is 20.4. The van der Waals surface area contributed by atoms with Gasteiger partial charge in [-0.2, -0.15) is 26.3 Å². The fourth-order valence-corrected chi connectivity index (χ4v) is 5.68. The smallest absolute Gasteiger partial charge is 0.310 e. The molecule has 1 unspecified atom stereocenters. The maximum Gasteiger partial charge on any atom is 0.416 e. The van der Waals surface area contributed by atoms with E-state index >= 15 is 0 Å². The van der Waals surface area contributed by atoms with Gasteiger partial charge >= 0.3 is 12.4 Å². The highest BCUT2D eigenvalue weighted by atomic mass is 19.4. The second-order valence-corrected chi connectivity index (χ2v) is 10.6. The summed E-state index contributed by atoms with van der Waals surface area (Å²) in [6, 6.07) is 6.18. The molecule has 2 saturated heterocycles. The molecule has 1 N–H and O–H groups in total. The van der Waals surface area contributed by atoms with Gasteiger partial charge in [0.05, 0.1) is 11.1 Å². The fourth-order valence-electron chi connectivity index (χ4n) is 5.68. The zero-order valence-corrected chi connectivity index (χ0v) is 21.0. The molecule has 2 fully saturated rings. The Morgan fingerprint density at radius 3 is 2.14 bits per heavy atom. The van der Waals surface area contributed by atoms with Gasteiger partial charge in [-0.05, 0) is 117 Å². The summed E-state index contributed by atoms with van der Waals surface area (Å²) in [5.74, 6) is 0.0994. The third kappa shape index (κ3) is 5.91. The van der Waals surface area contributed by atoms with Crippen molar-refractivity contribution in [2.75, 3.05) is 26.7 Å². The van der Waals surface area contributed by atoms with E-state index in [1.54, 1.807) is 6.07 Å². The average Bonchev–Trinajstić information content (AvgIpc) is 3.33. The fraction of sp³-hybridized carbons (Fsp3) is 0.571. The Morgan fingerprint density at radius 1 is 0.889 bits per heavy atom. The molecule has 36 heavy (non-hydrogen) atoms. The first-order valence-corrected chi connectivity index (χ1v) is 12.7. The lowest BCUT2D eigenvalue weighted by atomic mass is 9.80. The molecule has 0 spiro atoms. The lowest BCUT2D eigenvalue weighted by Crippen LogP contribution is -2.30. The van der Waals surface area contributed by atoms with Gasteiger partial charge in [0.2, 0.25) is 0 Å². The number of hydrogen-bond donors (Lipinski definition) is 1. The molecule has 4 rings (SSSR count). The summed E-state index contributed by atoms with van der Waals surface area (Å²) in [5, 5.41) is 3.22. The summed E-state index contributed by atoms with van der Waals surface area (Å²) < 4.78 is 83.2. The molecule has 8 heteroatoms. The summed E-state index contributed by atoms with van der Waals surface area (Å²) in [5.41, 5.74) is 1.31. The van der Waals surface area contributed by atoms with Gasteiger partial charge in [0, 0.05) is 6.04 Å². The lowest BCUT2D eigenvalue weighted by Gasteiger charge is -2.32. The van der Waals surface area contributed by atoms with E-state index in [0.717, 1.165) is 50.0 Å². The van der Waals surface area contributed by atoms with Crippen LogP contribution in [0.1, 0.15) is 96.4 Å². The third-order valence-corrected chi connectivity index (χ3v) is 7.68. The summed E-state index contributed by atoms with van der Waals surface area (Å²) in [6.45, 7) is 6.27. The van der Waals surface area contributed by atoms with Gasteiger partial charge in [-0.15, -0.1) is 0 Å². The second kappa shape index (κ2) is 10.4. The summed E-state index contributed by atoms with van der Waals surface area (Å²) in [7, 11) is 2.04. The highest BCUT2D eigenvalue weighted by Crippen LogP contribution is 2.42. The van der Waals surface area contributed by atoms with Gasteiger partial charge in [0.25, 0.3) is 0 Å². The molecule has 198 valence electrons. The van der Waals surface area contributed by atoms with E-state index in [2.05, 4.69) is 10.2 Å². The van der Waals surface area contributed by atoms with Crippen molar-refractivity contribution in [3.05, 3.63) is 69.3 Å². The molecular formula is C28H34F6N2. The second-order valence-electron chi connectivity index (χ2n) is 10.6. The van der Waals surface area contributed by atoms with Gasteiger partial charge in [0.1, 0.15) is 0 Å². The van der Waals surface area contributed by atoms with Crippen LogP contribution in [0.4, 0.5) is 26.3 Å². The molecule has 0 aliphatic carbocycles. The van der Waals surface area contributed by atoms with Crippen molar-refractivity contribution in [1.82, 2.24) is 10.2 Å². The van der Waals surface area contributed by atoms with Crippen LogP contribution >= 0.6 is 0 Å². The average molecular weight is 513 g/mol. The van der Waals surface area contributed by atoms with Crippen LogP contribution in [0.2, 0.25) is 0 Å². The van der Waals surface area contributed by atoms with E-state index in [1.807, 2.05) is 20.9 Å². The quantitative estimate of drug-likeness (QED) is 0.414. The van der Waals surface area contributed by atoms with Gasteiger partial charge in [-0.3, -0.25) is 0 Å². The van der Waals surface area contributed by atoms with E-state index in [0.29, 0.717) is 29.7 Å². The Bertz CT molecular complexity index is 1060. The van der Waals surface area contributed by atoms with Gasteiger partial charge < -0.3 is 10.2 Å². The van der Waals surface area contributed by atoms with Crippen molar-refractivity contribution in [1.29, 1.82) is 0 Å². The predicted octanol–water partition coefficient (Wildman–Crippen LogP) is 7.67. The van der Waals surface area contributed by atoms with Gasteiger partial charge in [-0.25, -0.2) is 0 Å². The van der Waals surface area contributed by atoms with Crippen molar-refractivity contribution in [2.45, 2.75) is 76.2 Å². The summed E-state index contributed by atoms with van der Waals surface area (Å²) in [4.78, 5) is 2.22. The van der Waals surface area contributed by atoms with Crippen LogP contribution in [0.5, 0.6) is 0 Å². The number of likely N-dealkylation sites (tertiary alicyclic amines) is 1. The molecule has 2 aliphatic rings. The summed E-state index contributed by atoms with van der Waals surface area (Å²) >= 11 is 0. The van der Waals surface area contributed by atoms with Crippen LogP contribution in [-0.4, -0.2) is 31.6 Å². The first-order valence-electron chi connectivity index (χ1n) is 12.7. The van der Waals surface area contributed by atoms with Crippen LogP contribution < -0.4 is 5.32 Å². The molecule has 2 aromatic rings. The SMILES string of the molecule is CC(C)c1cc(C(F)(F)F)c(Cc2ccc(C(F)(F)F)cc2C2CCCN2)cc1C1CCN(C)CC1. The highest BCUT2D eigenvalue weighted by molar-refractivity contribution is 5.47. The maximum absolute atomic E-state index is 14.3. The summed E-state index contributed by atoms with van der Waals surface area (Å²) in [6.07, 6.45) is -5.90. The first-order chi connectivity index (χ1) is 16.8. The van der Waals surface area contributed by atoms with Crippen molar-refractivity contribution in [2.24, 2.45) is 0 Å². The van der Waals surface area contributed by atoms with Crippen molar-refractivity contribution < 1.29 is 26.3 Å². The molecule has 2 heterocycles. The Labute approximate surface area is 209 Å². The van der Waals surface area contributed by atoms with Gasteiger partial charge in [0.15, 0.2) is 0 Å². The largest absolute Gasteiger partial charge is 0.416 e. The number of hydrogen-bond acceptors (Lipinski definition) is 2. The number of piperidine rings is 1. The minimum atomic E-state index is -4.55. The van der Waals surface area contributed by atoms with Crippen LogP contribution in [0.3, 0.4) is 0 Å². The van der Waals surface area contributed by atoms with Crippen molar-refractivity contribution in [3.8, 4) is 0 Å². The van der Waals surface area contributed by atoms with Crippen molar-refractivity contribution in [3.63, 3.8) is 0 Å². The molecule has 2 aliphatic heterocycles. The topological polar surface area (TPSA) is 15.3 Å². The standard InChI is InChI=1S/C28H34F6N2/c1-17(2)22-16-25(28(32,33)34)20(14-23(22)18-8-11-36(3)12-9-18)13-19-6-7-21(27(29,30)31)15-24(19)26-5-4-10-35-26/h6-7,14-18,26,35H,4-5,8-13H2,1-3H3. The third-order valence-electron chi connectivity index (χ3n) is 7.68. The van der Waals surface area contributed by atoms with E-state index < -0.39 is 23.5 Å². The van der Waals surface area contributed by atoms with Crippen molar-refractivity contribution >= 4 is 0 Å². The zero-order valence-electron chi connectivity index (χ0n) is 21.0. The van der Waals surface area contributed by atoms with E-state index in [-0.39, 0.29) is 29.9 Å². The van der Waals surface area contributed by atoms with E-state index in [9.17, 15) is 26.3 Å². The van der Waals surface area contributed by atoms with Crippen LogP contribution in [0.25, 0.3) is 0 Å². The first kappa shape index (κ1) is 27.0. The number of rotatable bonds is 5. The minimum Gasteiger partial charge on any atom is -0.310 e. The molecular weight excluding hydrogens is 478 g/mol. The molecule has 2 aromatic carbocycles. The molecule has 0 bridgehead atoms. The predicted molar refractivity (Wildman–Crippen MR) is 129 cm³/mol. The van der Waals surface area contributed by atoms with Gasteiger partial charge in [-0.1, -0.05) is 26.0 Å². The molecule has 1 atom stereocenters. The lowest BCUT2D eigenvalue weighted by molar-refractivity contribution is -0.138. The molecule has 0 aromatic heterocycles. The van der Waals surface area contributed by atoms with Crippen LogP contribution in [0, 0.1) is 0 Å². The number of benzene rings is 2. The van der Waals surface area contributed by atoms with Crippen LogP contribution in [-0.2, 0) is 18.8 Å². The molecule has 0 radical (unpaired) electrons. The Hall–Kier alpha value is -2.06. The Balaban J connectivity index is 1.82. The minimum absolute atomic E-state index is 0.0571. The Kier molecular flexibility index (Phi) is 7.77.